The lowest BCUT2D eigenvalue weighted by molar-refractivity contribution is -0.121. The number of carbonyl (C=O) groups excluding carboxylic acids is 2. The number of rotatable bonds is 4. The number of thiocarbonyl (C=S) groups is 1. The first-order valence-corrected chi connectivity index (χ1v) is 10.2. The van der Waals surface area contributed by atoms with Crippen molar-refractivity contribution in [1.29, 1.82) is 0 Å². The molecule has 0 bridgehead atoms. The van der Waals surface area contributed by atoms with Crippen LogP contribution in [0.25, 0.3) is 0 Å². The smallest absolute Gasteiger partial charge is 0.269 e. The molecule has 154 valence electrons. The largest absolute Gasteiger partial charge is 0.482 e. The highest BCUT2D eigenvalue weighted by atomic mass is 79.9. The first kappa shape index (κ1) is 23.1. The Morgan fingerprint density at radius 2 is 1.76 bits per heavy atom. The first-order chi connectivity index (χ1) is 13.6. The summed E-state index contributed by atoms with van der Waals surface area (Å²) in [6.07, 6.45) is 0. The number of halogens is 2. The van der Waals surface area contributed by atoms with Gasteiger partial charge in [-0.1, -0.05) is 60.4 Å². The van der Waals surface area contributed by atoms with Crippen molar-refractivity contribution in [3.05, 3.63) is 63.1 Å². The molecular formula is C20H21BrClN3O3S. The highest BCUT2D eigenvalue weighted by molar-refractivity contribution is 9.10. The van der Waals surface area contributed by atoms with Crippen LogP contribution >= 0.6 is 39.7 Å². The van der Waals surface area contributed by atoms with E-state index in [4.69, 9.17) is 28.6 Å². The number of hydrogen-bond donors (Lipinski definition) is 3. The van der Waals surface area contributed by atoms with Gasteiger partial charge in [0.25, 0.3) is 11.8 Å². The van der Waals surface area contributed by atoms with Crippen LogP contribution in [0.1, 0.15) is 36.7 Å². The third kappa shape index (κ3) is 7.30. The zero-order valence-electron chi connectivity index (χ0n) is 16.1. The SMILES string of the molecule is CC(C)(C)c1ccc(C(=O)NNC(=S)NC(=O)COc2ccc(Br)cc2Cl)cc1. The summed E-state index contributed by atoms with van der Waals surface area (Å²) in [4.78, 5) is 24.1. The molecule has 9 heteroatoms. The van der Waals surface area contributed by atoms with E-state index < -0.39 is 5.91 Å². The molecule has 6 nitrogen and oxygen atoms in total. The van der Waals surface area contributed by atoms with Crippen molar-refractivity contribution in [1.82, 2.24) is 16.2 Å². The van der Waals surface area contributed by atoms with Crippen LogP contribution in [0.3, 0.4) is 0 Å². The van der Waals surface area contributed by atoms with Crippen molar-refractivity contribution in [3.63, 3.8) is 0 Å². The van der Waals surface area contributed by atoms with Gasteiger partial charge in [-0.3, -0.25) is 25.8 Å². The molecule has 29 heavy (non-hydrogen) atoms. The summed E-state index contributed by atoms with van der Waals surface area (Å²) < 4.78 is 6.15. The minimum atomic E-state index is -0.495. The Morgan fingerprint density at radius 1 is 1.10 bits per heavy atom. The van der Waals surface area contributed by atoms with E-state index in [0.717, 1.165) is 10.0 Å². The summed E-state index contributed by atoms with van der Waals surface area (Å²) in [5.74, 6) is -0.499. The standard InChI is InChI=1S/C20H21BrClN3O3S/c1-20(2,3)13-6-4-12(5-7-13)18(27)24-25-19(29)23-17(26)11-28-16-9-8-14(21)10-15(16)22/h4-10H,11H2,1-3H3,(H,24,27)(H2,23,25,26,29). The maximum absolute atomic E-state index is 12.2. The molecule has 0 saturated carbocycles. The Labute approximate surface area is 188 Å². The molecule has 0 aliphatic carbocycles. The van der Waals surface area contributed by atoms with Crippen LogP contribution in [-0.2, 0) is 10.2 Å². The van der Waals surface area contributed by atoms with E-state index in [2.05, 4.69) is 52.9 Å². The van der Waals surface area contributed by atoms with Gasteiger partial charge in [0.15, 0.2) is 11.7 Å². The van der Waals surface area contributed by atoms with Gasteiger partial charge >= 0.3 is 0 Å². The summed E-state index contributed by atoms with van der Waals surface area (Å²) in [6, 6.07) is 12.3. The van der Waals surface area contributed by atoms with Crippen molar-refractivity contribution in [2.75, 3.05) is 6.61 Å². The van der Waals surface area contributed by atoms with E-state index in [9.17, 15) is 9.59 Å². The summed E-state index contributed by atoms with van der Waals surface area (Å²) in [6.45, 7) is 6.00. The Hall–Kier alpha value is -2.16. The number of hydrogen-bond acceptors (Lipinski definition) is 4. The van der Waals surface area contributed by atoms with Gasteiger partial charge in [-0.25, -0.2) is 0 Å². The molecule has 0 fully saturated rings. The maximum atomic E-state index is 12.2. The average Bonchev–Trinajstić information content (AvgIpc) is 2.65. The molecule has 2 rings (SSSR count). The highest BCUT2D eigenvalue weighted by Crippen LogP contribution is 2.27. The van der Waals surface area contributed by atoms with E-state index in [0.29, 0.717) is 16.3 Å². The van der Waals surface area contributed by atoms with Gasteiger partial charge in [-0.15, -0.1) is 0 Å². The molecule has 0 saturated heterocycles. The Kier molecular flexibility index (Phi) is 8.01. The van der Waals surface area contributed by atoms with Crippen LogP contribution in [-0.4, -0.2) is 23.5 Å². The first-order valence-electron chi connectivity index (χ1n) is 8.65. The summed E-state index contributed by atoms with van der Waals surface area (Å²) in [5.41, 5.74) is 6.51. The van der Waals surface area contributed by atoms with Crippen LogP contribution in [0.5, 0.6) is 5.75 Å². The van der Waals surface area contributed by atoms with Gasteiger partial charge in [-0.2, -0.15) is 0 Å². The topological polar surface area (TPSA) is 79.5 Å². The van der Waals surface area contributed by atoms with Crippen LogP contribution in [0.4, 0.5) is 0 Å². The Morgan fingerprint density at radius 3 is 2.34 bits per heavy atom. The molecule has 2 amide bonds. The van der Waals surface area contributed by atoms with E-state index >= 15 is 0 Å². The predicted octanol–water partition coefficient (Wildman–Crippen LogP) is 4.11. The van der Waals surface area contributed by atoms with E-state index in [1.54, 1.807) is 30.3 Å². The fourth-order valence-electron chi connectivity index (χ4n) is 2.24. The van der Waals surface area contributed by atoms with Crippen molar-refractivity contribution in [2.45, 2.75) is 26.2 Å². The van der Waals surface area contributed by atoms with Crippen molar-refractivity contribution in [3.8, 4) is 5.75 Å². The number of hydrazine groups is 1. The van der Waals surface area contributed by atoms with Crippen molar-refractivity contribution in [2.24, 2.45) is 0 Å². The van der Waals surface area contributed by atoms with E-state index in [1.165, 1.54) is 0 Å². The fraction of sp³-hybridized carbons (Fsp3) is 0.250. The summed E-state index contributed by atoms with van der Waals surface area (Å²) in [5, 5.41) is 2.72. The number of carbonyl (C=O) groups is 2. The number of nitrogens with one attached hydrogen (secondary N) is 3. The lowest BCUT2D eigenvalue weighted by Crippen LogP contribution is -2.49. The van der Waals surface area contributed by atoms with Gasteiger partial charge < -0.3 is 4.74 Å². The van der Waals surface area contributed by atoms with Gasteiger partial charge in [0.05, 0.1) is 5.02 Å². The van der Waals surface area contributed by atoms with Gasteiger partial charge in [0.1, 0.15) is 5.75 Å². The van der Waals surface area contributed by atoms with Crippen molar-refractivity contribution >= 4 is 56.7 Å². The quantitative estimate of drug-likeness (QED) is 0.437. The molecule has 0 aliphatic heterocycles. The van der Waals surface area contributed by atoms with Crippen LogP contribution < -0.4 is 20.9 Å². The molecule has 0 unspecified atom stereocenters. The molecule has 2 aromatic rings. The molecule has 0 radical (unpaired) electrons. The van der Waals surface area contributed by atoms with E-state index in [1.807, 2.05) is 12.1 Å². The third-order valence-electron chi connectivity index (χ3n) is 3.81. The second kappa shape index (κ2) is 10.0. The summed E-state index contributed by atoms with van der Waals surface area (Å²) in [7, 11) is 0. The van der Waals surface area contributed by atoms with Crippen molar-refractivity contribution < 1.29 is 14.3 Å². The zero-order chi connectivity index (χ0) is 21.6. The van der Waals surface area contributed by atoms with Crippen LogP contribution in [0.15, 0.2) is 46.9 Å². The van der Waals surface area contributed by atoms with Crippen LogP contribution in [0, 0.1) is 0 Å². The molecular weight excluding hydrogens is 478 g/mol. The normalized spacial score (nSPS) is 10.8. The van der Waals surface area contributed by atoms with Gasteiger partial charge in [0.2, 0.25) is 0 Å². The molecule has 3 N–H and O–H groups in total. The third-order valence-corrected chi connectivity index (χ3v) is 4.80. The molecule has 0 aromatic heterocycles. The van der Waals surface area contributed by atoms with Gasteiger partial charge in [0, 0.05) is 10.0 Å². The number of amides is 2. The second-order valence-corrected chi connectivity index (χ2v) is 8.88. The predicted molar refractivity (Wildman–Crippen MR) is 121 cm³/mol. The van der Waals surface area contributed by atoms with Crippen LogP contribution in [0.2, 0.25) is 5.02 Å². The molecule has 0 atom stereocenters. The second-order valence-electron chi connectivity index (χ2n) is 7.15. The molecule has 0 spiro atoms. The average molecular weight is 499 g/mol. The fourth-order valence-corrected chi connectivity index (χ4v) is 3.13. The molecule has 2 aromatic carbocycles. The number of ether oxygens (including phenoxy) is 1. The molecule has 0 heterocycles. The number of benzene rings is 2. The Bertz CT molecular complexity index is 914. The highest BCUT2D eigenvalue weighted by Gasteiger charge is 2.14. The van der Waals surface area contributed by atoms with E-state index in [-0.39, 0.29) is 23.0 Å². The zero-order valence-corrected chi connectivity index (χ0v) is 19.3. The minimum absolute atomic E-state index is 0.00164. The monoisotopic (exact) mass is 497 g/mol. The Balaban J connectivity index is 1.78. The van der Waals surface area contributed by atoms with Gasteiger partial charge in [-0.05, 0) is 53.5 Å². The minimum Gasteiger partial charge on any atom is -0.482 e. The lowest BCUT2D eigenvalue weighted by atomic mass is 9.87. The maximum Gasteiger partial charge on any atom is 0.269 e. The lowest BCUT2D eigenvalue weighted by Gasteiger charge is -2.19. The molecule has 0 aliphatic rings. The summed E-state index contributed by atoms with van der Waals surface area (Å²) >= 11 is 14.3.